The number of carbonyl (C=O) groups excluding carboxylic acids is 2. The summed E-state index contributed by atoms with van der Waals surface area (Å²) in [5.41, 5.74) is 2.60. The molecule has 0 saturated carbocycles. The number of rotatable bonds is 7. The van der Waals surface area contributed by atoms with Crippen LogP contribution in [0.25, 0.3) is 11.8 Å². The number of esters is 1. The van der Waals surface area contributed by atoms with Crippen LogP contribution in [-0.4, -0.2) is 42.9 Å². The Morgan fingerprint density at radius 1 is 0.824 bits per heavy atom. The first-order valence-electron chi connectivity index (χ1n) is 11.5. The molecular formula is C29H30BrNO3. The molecule has 1 heterocycles. The van der Waals surface area contributed by atoms with Gasteiger partial charge < -0.3 is 26.2 Å². The zero-order chi connectivity index (χ0) is 23.1. The number of likely N-dealkylation sites (N-methyl/N-ethyl adjacent to an activating group) is 1. The molecule has 3 aromatic carbocycles. The summed E-state index contributed by atoms with van der Waals surface area (Å²) in [6.45, 7) is 2.01. The summed E-state index contributed by atoms with van der Waals surface area (Å²) in [5.74, 6) is 0.359. The van der Waals surface area contributed by atoms with E-state index in [0.717, 1.165) is 29.8 Å². The number of hydrogen-bond acceptors (Lipinski definition) is 3. The average molecular weight is 520 g/mol. The van der Waals surface area contributed by atoms with Crippen LogP contribution in [0.1, 0.15) is 34.3 Å². The van der Waals surface area contributed by atoms with Gasteiger partial charge in [-0.3, -0.25) is 9.59 Å². The fourth-order valence-electron chi connectivity index (χ4n) is 4.31. The van der Waals surface area contributed by atoms with Crippen LogP contribution in [0.15, 0.2) is 91.0 Å². The lowest BCUT2D eigenvalue weighted by Gasteiger charge is -2.39. The molecule has 4 rings (SSSR count). The predicted octanol–water partition coefficient (Wildman–Crippen LogP) is 2.47. The highest BCUT2D eigenvalue weighted by molar-refractivity contribution is 5.97. The number of halogens is 1. The van der Waals surface area contributed by atoms with E-state index < -0.39 is 0 Å². The lowest BCUT2D eigenvalue weighted by molar-refractivity contribution is -0.906. The predicted molar refractivity (Wildman–Crippen MR) is 131 cm³/mol. The number of likely N-dealkylation sites (tertiary alicyclic amines) is 1. The molecule has 1 aliphatic heterocycles. The SMILES string of the molecule is C[N+]1(CC(=O)c2ccccc2)CCC(C(=O)O/C(=C\c2ccccc2)c2ccccc2)CC1.[Br-]. The Balaban J connectivity index is 0.00000324. The van der Waals surface area contributed by atoms with Gasteiger partial charge in [-0.1, -0.05) is 91.0 Å². The third-order valence-electron chi connectivity index (χ3n) is 6.36. The molecule has 1 saturated heterocycles. The second-order valence-electron chi connectivity index (χ2n) is 8.99. The van der Waals surface area contributed by atoms with Gasteiger partial charge in [-0.15, -0.1) is 0 Å². The molecule has 0 radical (unpaired) electrons. The zero-order valence-corrected chi connectivity index (χ0v) is 21.0. The Kier molecular flexibility index (Phi) is 8.97. The fourth-order valence-corrected chi connectivity index (χ4v) is 4.31. The number of carbonyl (C=O) groups is 2. The third-order valence-corrected chi connectivity index (χ3v) is 6.36. The highest BCUT2D eigenvalue weighted by Gasteiger charge is 2.36. The van der Waals surface area contributed by atoms with Crippen LogP contribution >= 0.6 is 0 Å². The molecule has 0 N–H and O–H groups in total. The summed E-state index contributed by atoms with van der Waals surface area (Å²) in [7, 11) is 2.10. The molecule has 0 atom stereocenters. The van der Waals surface area contributed by atoms with Gasteiger partial charge in [0.05, 0.1) is 26.1 Å². The molecule has 176 valence electrons. The monoisotopic (exact) mass is 519 g/mol. The van der Waals surface area contributed by atoms with E-state index >= 15 is 0 Å². The van der Waals surface area contributed by atoms with Crippen molar-refractivity contribution in [3.63, 3.8) is 0 Å². The molecular weight excluding hydrogens is 490 g/mol. The lowest BCUT2D eigenvalue weighted by Crippen LogP contribution is -3.00. The Morgan fingerprint density at radius 3 is 1.88 bits per heavy atom. The molecule has 3 aromatic rings. The van der Waals surface area contributed by atoms with Gasteiger partial charge in [-0.25, -0.2) is 0 Å². The number of quaternary nitrogens is 1. The molecule has 0 aliphatic carbocycles. The molecule has 0 spiro atoms. The van der Waals surface area contributed by atoms with Crippen LogP contribution in [0.5, 0.6) is 0 Å². The summed E-state index contributed by atoms with van der Waals surface area (Å²) in [5, 5.41) is 0. The smallest absolute Gasteiger partial charge is 0.314 e. The molecule has 1 aliphatic rings. The van der Waals surface area contributed by atoms with E-state index in [2.05, 4.69) is 7.05 Å². The van der Waals surface area contributed by atoms with Crippen molar-refractivity contribution in [2.24, 2.45) is 5.92 Å². The minimum absolute atomic E-state index is 0. The third kappa shape index (κ3) is 6.75. The van der Waals surface area contributed by atoms with Gasteiger partial charge >= 0.3 is 5.97 Å². The van der Waals surface area contributed by atoms with Gasteiger partial charge in [0.1, 0.15) is 12.3 Å². The maximum absolute atomic E-state index is 13.1. The van der Waals surface area contributed by atoms with Gasteiger partial charge in [0.2, 0.25) is 5.78 Å². The molecule has 1 fully saturated rings. The normalized spacial score (nSPS) is 20.1. The Labute approximate surface area is 212 Å². The van der Waals surface area contributed by atoms with Crippen molar-refractivity contribution in [2.75, 3.05) is 26.7 Å². The number of benzene rings is 3. The van der Waals surface area contributed by atoms with Crippen molar-refractivity contribution in [1.29, 1.82) is 0 Å². The van der Waals surface area contributed by atoms with E-state index in [0.29, 0.717) is 29.6 Å². The van der Waals surface area contributed by atoms with E-state index in [1.165, 1.54) is 0 Å². The number of ketones is 1. The quantitative estimate of drug-likeness (QED) is 0.158. The summed E-state index contributed by atoms with van der Waals surface area (Å²) < 4.78 is 6.60. The van der Waals surface area contributed by atoms with E-state index in [4.69, 9.17) is 4.74 Å². The first-order chi connectivity index (χ1) is 16.0. The van der Waals surface area contributed by atoms with Crippen molar-refractivity contribution in [3.05, 3.63) is 108 Å². The minimum Gasteiger partial charge on any atom is -1.00 e. The van der Waals surface area contributed by atoms with Crippen LogP contribution in [0.4, 0.5) is 0 Å². The molecule has 0 unspecified atom stereocenters. The standard InChI is InChI=1S/C29H30NO3.BrH/c1-30(22-27(31)24-13-7-3-8-14-24)19-17-26(18-20-30)29(32)33-28(25-15-9-4-10-16-25)21-23-11-5-2-6-12-23;/h2-16,21,26H,17-20,22H2,1H3;1H/q+1;/p-1/b28-21-;. The number of Topliss-reactive ketones (excluding diaryl/α,β-unsaturated/α-hetero) is 1. The Morgan fingerprint density at radius 2 is 1.32 bits per heavy atom. The summed E-state index contributed by atoms with van der Waals surface area (Å²) in [4.78, 5) is 25.8. The Hall–Kier alpha value is -3.02. The van der Waals surface area contributed by atoms with Gasteiger partial charge in [0.25, 0.3) is 0 Å². The molecule has 5 heteroatoms. The highest BCUT2D eigenvalue weighted by atomic mass is 79.9. The van der Waals surface area contributed by atoms with Crippen molar-refractivity contribution in [1.82, 2.24) is 0 Å². The van der Waals surface area contributed by atoms with E-state index in [1.807, 2.05) is 97.1 Å². The van der Waals surface area contributed by atoms with Crippen LogP contribution in [0, 0.1) is 5.92 Å². The second kappa shape index (κ2) is 11.9. The molecule has 0 bridgehead atoms. The molecule has 0 aromatic heterocycles. The zero-order valence-electron chi connectivity index (χ0n) is 19.4. The maximum Gasteiger partial charge on any atom is 0.314 e. The molecule has 34 heavy (non-hydrogen) atoms. The fraction of sp³-hybridized carbons (Fsp3) is 0.241. The largest absolute Gasteiger partial charge is 1.00 e. The van der Waals surface area contributed by atoms with Gasteiger partial charge in [-0.2, -0.15) is 0 Å². The maximum atomic E-state index is 13.1. The molecule has 0 amide bonds. The highest BCUT2D eigenvalue weighted by Crippen LogP contribution is 2.27. The van der Waals surface area contributed by atoms with Gasteiger partial charge in [0, 0.05) is 24.0 Å². The molecule has 4 nitrogen and oxygen atoms in total. The van der Waals surface area contributed by atoms with Crippen molar-refractivity contribution >= 4 is 23.6 Å². The minimum atomic E-state index is -0.193. The van der Waals surface area contributed by atoms with Crippen molar-refractivity contribution < 1.29 is 35.8 Å². The number of ether oxygens (including phenoxy) is 1. The lowest BCUT2D eigenvalue weighted by atomic mass is 9.94. The van der Waals surface area contributed by atoms with E-state index in [9.17, 15) is 9.59 Å². The van der Waals surface area contributed by atoms with E-state index in [1.54, 1.807) is 0 Å². The van der Waals surface area contributed by atoms with Crippen LogP contribution in [0.2, 0.25) is 0 Å². The van der Waals surface area contributed by atoms with Gasteiger partial charge in [-0.05, 0) is 11.6 Å². The van der Waals surface area contributed by atoms with Crippen molar-refractivity contribution in [3.8, 4) is 0 Å². The van der Waals surface area contributed by atoms with E-state index in [-0.39, 0.29) is 34.7 Å². The first-order valence-corrected chi connectivity index (χ1v) is 11.5. The first kappa shape index (κ1) is 25.6. The Bertz CT molecular complexity index is 1110. The van der Waals surface area contributed by atoms with Crippen LogP contribution in [0.3, 0.4) is 0 Å². The topological polar surface area (TPSA) is 43.4 Å². The number of hydrogen-bond donors (Lipinski definition) is 0. The van der Waals surface area contributed by atoms with Crippen LogP contribution < -0.4 is 17.0 Å². The number of piperidine rings is 1. The van der Waals surface area contributed by atoms with Crippen molar-refractivity contribution in [2.45, 2.75) is 12.8 Å². The summed E-state index contributed by atoms with van der Waals surface area (Å²) in [6, 6.07) is 29.0. The van der Waals surface area contributed by atoms with Gasteiger partial charge in [0.15, 0.2) is 0 Å². The summed E-state index contributed by atoms with van der Waals surface area (Å²) in [6.07, 6.45) is 3.34. The second-order valence-corrected chi connectivity index (χ2v) is 8.99. The summed E-state index contributed by atoms with van der Waals surface area (Å²) >= 11 is 0. The van der Waals surface area contributed by atoms with Crippen LogP contribution in [-0.2, 0) is 9.53 Å². The average Bonchev–Trinajstić information content (AvgIpc) is 2.85. The number of nitrogens with zero attached hydrogens (tertiary/aromatic N) is 1.